The fourth-order valence-electron chi connectivity index (χ4n) is 10.5. The smallest absolute Gasteiger partial charge is 0.145 e. The van der Waals surface area contributed by atoms with E-state index in [-0.39, 0.29) is 64.1 Å². The highest BCUT2D eigenvalue weighted by Gasteiger charge is 2.24. The summed E-state index contributed by atoms with van der Waals surface area (Å²) in [7, 11) is 6.59. The number of methoxy groups -OCH3 is 4. The normalized spacial score (nSPS) is 13.0. The summed E-state index contributed by atoms with van der Waals surface area (Å²) in [6.45, 7) is 17.6. The molecule has 0 saturated carbocycles. The largest absolute Gasteiger partial charge is 0.486 e. The third-order valence-corrected chi connectivity index (χ3v) is 16.2. The molecule has 0 aliphatic carbocycles. The van der Waals surface area contributed by atoms with E-state index in [1.165, 1.54) is 11.1 Å². The van der Waals surface area contributed by atoms with Gasteiger partial charge in [-0.15, -0.1) is 0 Å². The van der Waals surface area contributed by atoms with Crippen LogP contribution in [0.2, 0.25) is 0 Å². The van der Waals surface area contributed by atoms with Crippen molar-refractivity contribution < 1.29 is 90.0 Å². The second-order valence-electron chi connectivity index (χ2n) is 24.7. The maximum atomic E-state index is 7.25. The van der Waals surface area contributed by atoms with E-state index in [0.29, 0.717) is 138 Å². The topological polar surface area (TPSA) is 175 Å². The van der Waals surface area contributed by atoms with Crippen molar-refractivity contribution in [3.63, 3.8) is 0 Å². The summed E-state index contributed by atoms with van der Waals surface area (Å²) in [5, 5.41) is 0. The molecule has 0 amide bonds. The predicted octanol–water partition coefficient (Wildman–Crippen LogP) is 13.5. The van der Waals surface area contributed by atoms with Gasteiger partial charge in [0, 0.05) is 28.4 Å². The van der Waals surface area contributed by atoms with Gasteiger partial charge in [-0.2, -0.15) is 0 Å². The molecule has 0 heterocycles. The van der Waals surface area contributed by atoms with E-state index in [9.17, 15) is 0 Å². The predicted molar refractivity (Wildman–Crippen MR) is 399 cm³/mol. The van der Waals surface area contributed by atoms with E-state index in [1.54, 1.807) is 28.4 Å². The summed E-state index contributed by atoms with van der Waals surface area (Å²) in [6, 6.07) is 62.0. The molecular weight excluding hydrogens is 1300 g/mol. The first-order valence-corrected chi connectivity index (χ1v) is 35.7. The molecule has 558 valence electrons. The third-order valence-electron chi connectivity index (χ3n) is 16.2. The first-order valence-electron chi connectivity index (χ1n) is 35.7. The lowest BCUT2D eigenvalue weighted by Crippen LogP contribution is -2.39. The van der Waals surface area contributed by atoms with E-state index in [4.69, 9.17) is 90.0 Å². The summed E-state index contributed by atoms with van der Waals surface area (Å²) in [5.74, 6) is 0.608. The number of hydrogen-bond acceptors (Lipinski definition) is 19. The fourth-order valence-corrected chi connectivity index (χ4v) is 10.5. The molecule has 7 aromatic carbocycles. The molecule has 0 bridgehead atoms. The monoisotopic (exact) mass is 1410 g/mol. The van der Waals surface area contributed by atoms with Crippen molar-refractivity contribution in [1.29, 1.82) is 0 Å². The minimum Gasteiger partial charge on any atom is -0.486 e. The molecular formula is C83H112O19. The molecule has 0 aromatic heterocycles. The first-order chi connectivity index (χ1) is 50.1. The van der Waals surface area contributed by atoms with Crippen LogP contribution in [0.4, 0.5) is 0 Å². The van der Waals surface area contributed by atoms with Crippen molar-refractivity contribution in [2.24, 2.45) is 0 Å². The maximum absolute atomic E-state index is 7.25. The second kappa shape index (κ2) is 50.9. The molecule has 19 heteroatoms. The molecule has 0 aliphatic rings. The van der Waals surface area contributed by atoms with E-state index in [0.717, 1.165) is 55.6 Å². The highest BCUT2D eigenvalue weighted by molar-refractivity contribution is 5.79. The highest BCUT2D eigenvalue weighted by atomic mass is 16.6. The Labute approximate surface area is 606 Å². The van der Waals surface area contributed by atoms with Gasteiger partial charge in [0.05, 0.1) is 196 Å². The van der Waals surface area contributed by atoms with Crippen LogP contribution in [0, 0.1) is 0 Å². The molecule has 102 heavy (non-hydrogen) atoms. The molecule has 7 rings (SSSR count). The van der Waals surface area contributed by atoms with Crippen LogP contribution in [0.3, 0.4) is 0 Å². The molecule has 0 unspecified atom stereocenters. The van der Waals surface area contributed by atoms with E-state index in [2.05, 4.69) is 164 Å². The average molecular weight is 1410 g/mol. The van der Waals surface area contributed by atoms with Crippen molar-refractivity contribution in [2.45, 2.75) is 70.4 Å². The Morgan fingerprint density at radius 2 is 0.422 bits per heavy atom. The van der Waals surface area contributed by atoms with Crippen molar-refractivity contribution in [3.8, 4) is 72.5 Å². The number of benzene rings is 7. The standard InChI is InChI=1S/C83H112O19/c1-64(54-92-47-43-88-39-35-84-5)96-58-81(59-97-65(2)55-93-48-44-89-40-36-85-6)100-62-83(63-101-82(60-98-66(3)56-94-49-45-90-41-37-86-7)61-99-67(4)57-95-50-46-91-42-38-87-8)102-80-52-78(76-31-27-74(28-32-76)72-23-19-70(20-24-72)68-15-11-9-12-16-68)51-79(53-80)77-33-29-75(30-34-77)73-25-21-71(22-26-73)69-17-13-10-14-18-69/h9-34,51-53,64-67,81-83H,35-50,54-63H2,1-8H3/t64-,65-,66-,67-/m0/s1. The summed E-state index contributed by atoms with van der Waals surface area (Å²) >= 11 is 0. The number of ether oxygens (including phenoxy) is 19. The zero-order chi connectivity index (χ0) is 71.9. The zero-order valence-corrected chi connectivity index (χ0v) is 61.4. The number of hydrogen-bond donors (Lipinski definition) is 0. The summed E-state index contributed by atoms with van der Waals surface area (Å²) in [5.41, 5.74) is 13.1. The molecule has 19 nitrogen and oxygen atoms in total. The lowest BCUT2D eigenvalue weighted by atomic mass is 9.95. The minimum absolute atomic E-state index is 0.0711. The van der Waals surface area contributed by atoms with E-state index >= 15 is 0 Å². The quantitative estimate of drug-likeness (QED) is 0.0329. The van der Waals surface area contributed by atoms with Crippen LogP contribution in [0.1, 0.15) is 27.7 Å². The van der Waals surface area contributed by atoms with Crippen molar-refractivity contribution in [1.82, 2.24) is 0 Å². The molecule has 0 aliphatic heterocycles. The van der Waals surface area contributed by atoms with Gasteiger partial charge in [-0.1, -0.05) is 158 Å². The maximum Gasteiger partial charge on any atom is 0.145 e. The van der Waals surface area contributed by atoms with Crippen LogP contribution in [0.25, 0.3) is 66.8 Å². The van der Waals surface area contributed by atoms with Crippen molar-refractivity contribution in [2.75, 3.05) is 200 Å². The summed E-state index contributed by atoms with van der Waals surface area (Å²) in [6.07, 6.45) is -2.93. The fraction of sp³-hybridized carbons (Fsp3) is 0.494. The zero-order valence-electron chi connectivity index (χ0n) is 61.4. The lowest BCUT2D eigenvalue weighted by molar-refractivity contribution is -0.136. The number of rotatable bonds is 58. The van der Waals surface area contributed by atoms with Crippen LogP contribution in [-0.2, 0) is 85.3 Å². The Balaban J connectivity index is 1.18. The Bertz CT molecular complexity index is 2930. The van der Waals surface area contributed by atoms with Gasteiger partial charge in [0.25, 0.3) is 0 Å². The van der Waals surface area contributed by atoms with Gasteiger partial charge < -0.3 is 90.0 Å². The van der Waals surface area contributed by atoms with Gasteiger partial charge in [0.2, 0.25) is 0 Å². The van der Waals surface area contributed by atoms with Gasteiger partial charge in [0.15, 0.2) is 0 Å². The first kappa shape index (κ1) is 82.9. The van der Waals surface area contributed by atoms with Gasteiger partial charge in [-0.05, 0) is 113 Å². The van der Waals surface area contributed by atoms with Crippen LogP contribution >= 0.6 is 0 Å². The Kier molecular flexibility index (Phi) is 41.4. The molecule has 0 N–H and O–H groups in total. The van der Waals surface area contributed by atoms with Crippen molar-refractivity contribution in [3.05, 3.63) is 176 Å². The molecule has 0 fully saturated rings. The second-order valence-corrected chi connectivity index (χ2v) is 24.7. The lowest BCUT2D eigenvalue weighted by Gasteiger charge is -2.28. The Morgan fingerprint density at radius 1 is 0.206 bits per heavy atom. The molecule has 7 aromatic rings. The van der Waals surface area contributed by atoms with E-state index < -0.39 is 18.3 Å². The van der Waals surface area contributed by atoms with Crippen LogP contribution in [0.5, 0.6) is 5.75 Å². The van der Waals surface area contributed by atoms with Crippen LogP contribution in [-0.4, -0.2) is 243 Å². The Hall–Kier alpha value is -6.38. The summed E-state index contributed by atoms with van der Waals surface area (Å²) < 4.78 is 114. The third kappa shape index (κ3) is 33.2. The Morgan fingerprint density at radius 3 is 0.676 bits per heavy atom. The molecule has 4 atom stereocenters. The van der Waals surface area contributed by atoms with Gasteiger partial charge in [0.1, 0.15) is 24.1 Å². The van der Waals surface area contributed by atoms with Gasteiger partial charge in [-0.25, -0.2) is 0 Å². The highest BCUT2D eigenvalue weighted by Crippen LogP contribution is 2.35. The van der Waals surface area contributed by atoms with E-state index in [1.807, 2.05) is 39.8 Å². The van der Waals surface area contributed by atoms with Gasteiger partial charge in [-0.3, -0.25) is 0 Å². The SMILES string of the molecule is COCCOCCOC[C@H](C)OCC(CO[C@@H](C)COCCOCCOC)OCC(COC(CO[C@@H](C)COCCOCCOC)CO[C@@H](C)COCCOCCOC)Oc1cc(-c2ccc(-c3ccc(-c4ccccc4)cc3)cc2)cc(-c2ccc(-c3ccc(-c4ccccc4)cc3)cc2)c1. The van der Waals surface area contributed by atoms with Gasteiger partial charge >= 0.3 is 0 Å². The molecule has 0 radical (unpaired) electrons. The minimum atomic E-state index is -0.698. The van der Waals surface area contributed by atoms with Crippen LogP contribution in [0.15, 0.2) is 176 Å². The average Bonchev–Trinajstić information content (AvgIpc) is 0.808. The van der Waals surface area contributed by atoms with Crippen molar-refractivity contribution >= 4 is 0 Å². The summed E-state index contributed by atoms with van der Waals surface area (Å²) in [4.78, 5) is 0. The molecule has 0 spiro atoms. The van der Waals surface area contributed by atoms with Crippen LogP contribution < -0.4 is 4.74 Å². The molecule has 0 saturated heterocycles.